The van der Waals surface area contributed by atoms with E-state index < -0.39 is 0 Å². The summed E-state index contributed by atoms with van der Waals surface area (Å²) in [6, 6.07) is 15.9. The predicted octanol–water partition coefficient (Wildman–Crippen LogP) is 4.61. The maximum absolute atomic E-state index is 13.3. The topological polar surface area (TPSA) is 60.9 Å². The fourth-order valence-corrected chi connectivity index (χ4v) is 3.18. The molecule has 0 aliphatic rings. The minimum Gasteiger partial charge on any atom is -0.493 e. The molecule has 0 spiro atoms. The molecule has 29 heavy (non-hydrogen) atoms. The number of amides is 1. The molecular formula is C22H21ClN2O4. The highest BCUT2D eigenvalue weighted by Gasteiger charge is 2.23. The number of nitrogens with zero attached hydrogens (tertiary/aromatic N) is 2. The number of anilines is 1. The van der Waals surface area contributed by atoms with Crippen molar-refractivity contribution in [3.05, 3.63) is 76.9 Å². The van der Waals surface area contributed by atoms with E-state index in [0.717, 1.165) is 5.56 Å². The molecule has 6 nitrogen and oxygen atoms in total. The first-order chi connectivity index (χ1) is 14.1. The molecule has 0 saturated heterocycles. The van der Waals surface area contributed by atoms with E-state index in [-0.39, 0.29) is 12.5 Å². The van der Waals surface area contributed by atoms with Gasteiger partial charge in [0.25, 0.3) is 5.91 Å². The van der Waals surface area contributed by atoms with Crippen LogP contribution < -0.4 is 19.1 Å². The second-order valence-electron chi connectivity index (χ2n) is 6.09. The number of carbonyl (C=O) groups is 1. The molecule has 1 heterocycles. The Morgan fingerprint density at radius 2 is 1.62 bits per heavy atom. The van der Waals surface area contributed by atoms with E-state index in [2.05, 4.69) is 4.98 Å². The summed E-state index contributed by atoms with van der Waals surface area (Å²) in [5, 5.41) is 0.378. The molecule has 0 aliphatic heterocycles. The van der Waals surface area contributed by atoms with Gasteiger partial charge in [0.05, 0.1) is 38.5 Å². The Balaban J connectivity index is 2.05. The van der Waals surface area contributed by atoms with Crippen LogP contribution in [0, 0.1) is 0 Å². The van der Waals surface area contributed by atoms with Crippen molar-refractivity contribution in [3.63, 3.8) is 0 Å². The largest absolute Gasteiger partial charge is 0.493 e. The highest BCUT2D eigenvalue weighted by molar-refractivity contribution is 6.34. The molecular weight excluding hydrogens is 392 g/mol. The van der Waals surface area contributed by atoms with Gasteiger partial charge < -0.3 is 14.2 Å². The van der Waals surface area contributed by atoms with Gasteiger partial charge in [-0.3, -0.25) is 9.69 Å². The van der Waals surface area contributed by atoms with Crippen molar-refractivity contribution in [2.24, 2.45) is 0 Å². The van der Waals surface area contributed by atoms with E-state index in [1.165, 1.54) is 0 Å². The number of hydrogen-bond acceptors (Lipinski definition) is 5. The Labute approximate surface area is 174 Å². The SMILES string of the molecule is COc1cc(CN(C(=O)c2ccccc2Cl)c2ccccn2)cc(OC)c1OC. The molecule has 1 aromatic heterocycles. The summed E-state index contributed by atoms with van der Waals surface area (Å²) in [5.74, 6) is 1.75. The van der Waals surface area contributed by atoms with Crippen LogP contribution in [0.2, 0.25) is 5.02 Å². The number of ether oxygens (including phenoxy) is 3. The number of carbonyl (C=O) groups excluding carboxylic acids is 1. The van der Waals surface area contributed by atoms with Crippen molar-refractivity contribution in [2.45, 2.75) is 6.54 Å². The lowest BCUT2D eigenvalue weighted by atomic mass is 10.1. The zero-order valence-corrected chi connectivity index (χ0v) is 17.1. The van der Waals surface area contributed by atoms with E-state index in [1.54, 1.807) is 81.0 Å². The molecule has 0 bridgehead atoms. The van der Waals surface area contributed by atoms with Crippen molar-refractivity contribution >= 4 is 23.3 Å². The summed E-state index contributed by atoms with van der Waals surface area (Å²) in [6.07, 6.45) is 1.64. The zero-order valence-electron chi connectivity index (χ0n) is 16.4. The quantitative estimate of drug-likeness (QED) is 0.567. The summed E-state index contributed by atoms with van der Waals surface area (Å²) >= 11 is 6.26. The van der Waals surface area contributed by atoms with Gasteiger partial charge in [-0.2, -0.15) is 0 Å². The second kappa shape index (κ2) is 9.30. The third kappa shape index (κ3) is 4.43. The monoisotopic (exact) mass is 412 g/mol. The summed E-state index contributed by atoms with van der Waals surface area (Å²) < 4.78 is 16.2. The van der Waals surface area contributed by atoms with Crippen LogP contribution in [0.4, 0.5) is 5.82 Å². The van der Waals surface area contributed by atoms with Gasteiger partial charge >= 0.3 is 0 Å². The molecule has 1 amide bonds. The molecule has 0 unspecified atom stereocenters. The lowest BCUT2D eigenvalue weighted by Gasteiger charge is -2.23. The molecule has 3 aromatic rings. The van der Waals surface area contributed by atoms with Gasteiger partial charge in [-0.05, 0) is 42.0 Å². The van der Waals surface area contributed by atoms with Crippen molar-refractivity contribution < 1.29 is 19.0 Å². The number of methoxy groups -OCH3 is 3. The molecule has 7 heteroatoms. The van der Waals surface area contributed by atoms with Crippen molar-refractivity contribution in [1.82, 2.24) is 4.98 Å². The fraction of sp³-hybridized carbons (Fsp3) is 0.182. The minimum atomic E-state index is -0.261. The predicted molar refractivity (Wildman–Crippen MR) is 112 cm³/mol. The molecule has 3 rings (SSSR count). The highest BCUT2D eigenvalue weighted by Crippen LogP contribution is 2.38. The minimum absolute atomic E-state index is 0.234. The highest BCUT2D eigenvalue weighted by atomic mass is 35.5. The Kier molecular flexibility index (Phi) is 6.57. The average Bonchev–Trinajstić information content (AvgIpc) is 2.77. The number of rotatable bonds is 7. The van der Waals surface area contributed by atoms with Gasteiger partial charge in [0, 0.05) is 6.20 Å². The first-order valence-corrected chi connectivity index (χ1v) is 9.23. The number of aromatic nitrogens is 1. The lowest BCUT2D eigenvalue weighted by molar-refractivity contribution is 0.0984. The second-order valence-corrected chi connectivity index (χ2v) is 6.50. The maximum Gasteiger partial charge on any atom is 0.261 e. The van der Waals surface area contributed by atoms with Gasteiger partial charge in [-0.1, -0.05) is 29.8 Å². The smallest absolute Gasteiger partial charge is 0.261 e. The normalized spacial score (nSPS) is 10.3. The Bertz CT molecular complexity index is 970. The molecule has 150 valence electrons. The number of benzene rings is 2. The van der Waals surface area contributed by atoms with Crippen LogP contribution >= 0.6 is 11.6 Å². The Morgan fingerprint density at radius 3 is 2.17 bits per heavy atom. The zero-order chi connectivity index (χ0) is 20.8. The third-order valence-electron chi connectivity index (χ3n) is 4.34. The molecule has 0 radical (unpaired) electrons. The fourth-order valence-electron chi connectivity index (χ4n) is 2.96. The summed E-state index contributed by atoms with van der Waals surface area (Å²) in [4.78, 5) is 19.2. The molecule has 0 N–H and O–H groups in total. The summed E-state index contributed by atoms with van der Waals surface area (Å²) in [7, 11) is 4.64. The molecule has 2 aromatic carbocycles. The number of pyridine rings is 1. The third-order valence-corrected chi connectivity index (χ3v) is 4.67. The van der Waals surface area contributed by atoms with Gasteiger partial charge in [0.2, 0.25) is 5.75 Å². The van der Waals surface area contributed by atoms with Crippen LogP contribution in [-0.4, -0.2) is 32.2 Å². The molecule has 0 saturated carbocycles. The van der Waals surface area contributed by atoms with Gasteiger partial charge in [0.1, 0.15) is 5.82 Å². The first kappa shape index (κ1) is 20.5. The number of halogens is 1. The van der Waals surface area contributed by atoms with Crippen LogP contribution in [-0.2, 0) is 6.54 Å². The van der Waals surface area contributed by atoms with Crippen LogP contribution in [0.25, 0.3) is 0 Å². The summed E-state index contributed by atoms with van der Waals surface area (Å²) in [5.41, 5.74) is 1.18. The van der Waals surface area contributed by atoms with E-state index in [4.69, 9.17) is 25.8 Å². The Morgan fingerprint density at radius 1 is 0.966 bits per heavy atom. The summed E-state index contributed by atoms with van der Waals surface area (Å²) in [6.45, 7) is 0.234. The van der Waals surface area contributed by atoms with E-state index >= 15 is 0 Å². The first-order valence-electron chi connectivity index (χ1n) is 8.85. The Hall–Kier alpha value is -3.25. The number of hydrogen-bond donors (Lipinski definition) is 0. The van der Waals surface area contributed by atoms with Crippen molar-refractivity contribution in [3.8, 4) is 17.2 Å². The van der Waals surface area contributed by atoms with Gasteiger partial charge in [-0.25, -0.2) is 4.98 Å². The van der Waals surface area contributed by atoms with Crippen LogP contribution in [0.3, 0.4) is 0 Å². The van der Waals surface area contributed by atoms with Crippen molar-refractivity contribution in [1.29, 1.82) is 0 Å². The lowest BCUT2D eigenvalue weighted by Crippen LogP contribution is -2.31. The van der Waals surface area contributed by atoms with E-state index in [1.807, 2.05) is 6.07 Å². The van der Waals surface area contributed by atoms with Crippen LogP contribution in [0.5, 0.6) is 17.2 Å². The average molecular weight is 413 g/mol. The molecule has 0 aliphatic carbocycles. The van der Waals surface area contributed by atoms with Gasteiger partial charge in [-0.15, -0.1) is 0 Å². The molecule has 0 atom stereocenters. The van der Waals surface area contributed by atoms with E-state index in [9.17, 15) is 4.79 Å². The van der Waals surface area contributed by atoms with Crippen molar-refractivity contribution in [2.75, 3.05) is 26.2 Å². The van der Waals surface area contributed by atoms with Crippen LogP contribution in [0.1, 0.15) is 15.9 Å². The van der Waals surface area contributed by atoms with E-state index in [0.29, 0.717) is 33.7 Å². The van der Waals surface area contributed by atoms with Crippen LogP contribution in [0.15, 0.2) is 60.8 Å². The standard InChI is InChI=1S/C22H21ClN2O4/c1-27-18-12-15(13-19(28-2)21(18)29-3)14-25(20-10-6-7-11-24-20)22(26)16-8-4-5-9-17(16)23/h4-13H,14H2,1-3H3. The maximum atomic E-state index is 13.3. The molecule has 0 fully saturated rings. The van der Waals surface area contributed by atoms with Gasteiger partial charge in [0.15, 0.2) is 11.5 Å².